The minimum Gasteiger partial charge on any atom is -0.378 e. The lowest BCUT2D eigenvalue weighted by Crippen LogP contribution is -2.00. The summed E-state index contributed by atoms with van der Waals surface area (Å²) in [6.07, 6.45) is 6.16. The molecule has 0 amide bonds. The van der Waals surface area contributed by atoms with Gasteiger partial charge in [0.15, 0.2) is 0 Å². The zero-order chi connectivity index (χ0) is 13.1. The number of hydrogen-bond acceptors (Lipinski definition) is 3. The lowest BCUT2D eigenvalue weighted by molar-refractivity contribution is 1.07. The summed E-state index contributed by atoms with van der Waals surface area (Å²) in [6, 6.07) is 14.3. The van der Waals surface area contributed by atoms with E-state index in [-0.39, 0.29) is 0 Å². The maximum atomic E-state index is 4.58. The van der Waals surface area contributed by atoms with Gasteiger partial charge in [-0.25, -0.2) is 4.98 Å². The van der Waals surface area contributed by atoms with Gasteiger partial charge in [-0.15, -0.1) is 11.8 Å². The van der Waals surface area contributed by atoms with Crippen LogP contribution in [0.5, 0.6) is 0 Å². The summed E-state index contributed by atoms with van der Waals surface area (Å²) in [4.78, 5) is 5.83. The van der Waals surface area contributed by atoms with Crippen molar-refractivity contribution in [3.63, 3.8) is 0 Å². The van der Waals surface area contributed by atoms with E-state index in [2.05, 4.69) is 41.0 Å². The molecule has 0 aliphatic rings. The third kappa shape index (κ3) is 2.58. The van der Waals surface area contributed by atoms with E-state index in [9.17, 15) is 0 Å². The van der Waals surface area contributed by atoms with Crippen molar-refractivity contribution in [2.75, 3.05) is 11.6 Å². The van der Waals surface area contributed by atoms with Gasteiger partial charge in [-0.1, -0.05) is 18.2 Å². The van der Waals surface area contributed by atoms with Crippen LogP contribution in [0.1, 0.15) is 5.69 Å². The molecular formula is C15H15N3S. The number of anilines is 1. The fourth-order valence-electron chi connectivity index (χ4n) is 2.05. The molecule has 3 nitrogen and oxygen atoms in total. The normalized spacial score (nSPS) is 10.8. The Morgan fingerprint density at radius 3 is 2.84 bits per heavy atom. The molecule has 19 heavy (non-hydrogen) atoms. The summed E-state index contributed by atoms with van der Waals surface area (Å²) in [7, 11) is 0. The van der Waals surface area contributed by atoms with Gasteiger partial charge in [-0.05, 0) is 30.5 Å². The number of imidazole rings is 1. The summed E-state index contributed by atoms with van der Waals surface area (Å²) >= 11 is 1.75. The van der Waals surface area contributed by atoms with Crippen molar-refractivity contribution in [1.29, 1.82) is 0 Å². The molecule has 0 radical (unpaired) electrons. The fraction of sp³-hybridized carbons (Fsp3) is 0.133. The number of benzene rings is 1. The second-order valence-corrected chi connectivity index (χ2v) is 5.10. The second-order valence-electron chi connectivity index (χ2n) is 4.25. The van der Waals surface area contributed by atoms with Gasteiger partial charge in [-0.2, -0.15) is 0 Å². The van der Waals surface area contributed by atoms with Crippen LogP contribution in [-0.4, -0.2) is 15.6 Å². The highest BCUT2D eigenvalue weighted by atomic mass is 32.2. The van der Waals surface area contributed by atoms with Crippen LogP contribution in [0.25, 0.3) is 5.65 Å². The molecule has 1 aromatic carbocycles. The number of aromatic nitrogens is 2. The molecule has 3 aromatic rings. The van der Waals surface area contributed by atoms with E-state index in [0.29, 0.717) is 0 Å². The Kier molecular flexibility index (Phi) is 3.42. The first-order chi connectivity index (χ1) is 9.36. The van der Waals surface area contributed by atoms with Gasteiger partial charge >= 0.3 is 0 Å². The molecular weight excluding hydrogens is 254 g/mol. The monoisotopic (exact) mass is 269 g/mol. The molecule has 0 spiro atoms. The quantitative estimate of drug-likeness (QED) is 0.733. The minimum absolute atomic E-state index is 0.735. The second kappa shape index (κ2) is 5.36. The molecule has 4 heteroatoms. The molecule has 2 heterocycles. The van der Waals surface area contributed by atoms with Gasteiger partial charge in [-0.3, -0.25) is 0 Å². The smallest absolute Gasteiger partial charge is 0.137 e. The zero-order valence-corrected chi connectivity index (χ0v) is 11.5. The van der Waals surface area contributed by atoms with Gasteiger partial charge in [0.1, 0.15) is 5.65 Å². The van der Waals surface area contributed by atoms with E-state index < -0.39 is 0 Å². The lowest BCUT2D eigenvalue weighted by Gasteiger charge is -2.08. The number of pyridine rings is 1. The molecule has 0 aliphatic heterocycles. The van der Waals surface area contributed by atoms with Crippen molar-refractivity contribution in [3.05, 3.63) is 60.6 Å². The van der Waals surface area contributed by atoms with Crippen molar-refractivity contribution in [1.82, 2.24) is 9.38 Å². The summed E-state index contributed by atoms with van der Waals surface area (Å²) in [5.74, 6) is 0. The summed E-state index contributed by atoms with van der Waals surface area (Å²) in [6.45, 7) is 0.735. The van der Waals surface area contributed by atoms with Gasteiger partial charge in [0.25, 0.3) is 0 Å². The van der Waals surface area contributed by atoms with E-state index >= 15 is 0 Å². The minimum atomic E-state index is 0.735. The average Bonchev–Trinajstić information content (AvgIpc) is 2.88. The van der Waals surface area contributed by atoms with Gasteiger partial charge < -0.3 is 9.72 Å². The third-order valence-electron chi connectivity index (χ3n) is 2.98. The molecule has 0 unspecified atom stereocenters. The van der Waals surface area contributed by atoms with Crippen LogP contribution >= 0.6 is 11.8 Å². The van der Waals surface area contributed by atoms with E-state index in [1.807, 2.05) is 34.9 Å². The Balaban J connectivity index is 1.78. The molecule has 0 atom stereocenters. The summed E-state index contributed by atoms with van der Waals surface area (Å²) < 4.78 is 2.04. The predicted molar refractivity (Wildman–Crippen MR) is 80.7 cm³/mol. The predicted octanol–water partition coefficient (Wildman–Crippen LogP) is 3.67. The molecule has 1 N–H and O–H groups in total. The zero-order valence-electron chi connectivity index (χ0n) is 10.7. The standard InChI is InChI=1S/C15H15N3S/c1-19-14-7-3-2-6-13(14)16-10-12-11-18-9-5-4-8-15(18)17-12/h2-9,11,16H,10H2,1H3. The number of nitrogens with one attached hydrogen (secondary N) is 1. The van der Waals surface area contributed by atoms with Crippen LogP contribution in [0.15, 0.2) is 59.8 Å². The van der Waals surface area contributed by atoms with Crippen LogP contribution in [0.3, 0.4) is 0 Å². The lowest BCUT2D eigenvalue weighted by atomic mass is 10.3. The van der Waals surface area contributed by atoms with Crippen LogP contribution in [0.4, 0.5) is 5.69 Å². The largest absolute Gasteiger partial charge is 0.378 e. The highest BCUT2D eigenvalue weighted by molar-refractivity contribution is 7.98. The fourth-order valence-corrected chi connectivity index (χ4v) is 2.62. The van der Waals surface area contributed by atoms with Crippen LogP contribution < -0.4 is 5.32 Å². The molecule has 0 saturated heterocycles. The maximum absolute atomic E-state index is 4.58. The Labute approximate surface area is 116 Å². The van der Waals surface area contributed by atoms with Crippen molar-refractivity contribution in [2.45, 2.75) is 11.4 Å². The average molecular weight is 269 g/mol. The van der Waals surface area contributed by atoms with E-state index in [4.69, 9.17) is 0 Å². The Morgan fingerprint density at radius 1 is 1.16 bits per heavy atom. The maximum Gasteiger partial charge on any atom is 0.137 e. The third-order valence-corrected chi connectivity index (χ3v) is 3.78. The van der Waals surface area contributed by atoms with Crippen molar-refractivity contribution < 1.29 is 0 Å². The summed E-state index contributed by atoms with van der Waals surface area (Å²) in [5, 5.41) is 3.44. The van der Waals surface area contributed by atoms with Gasteiger partial charge in [0.2, 0.25) is 0 Å². The first-order valence-corrected chi connectivity index (χ1v) is 7.39. The number of nitrogens with zero attached hydrogens (tertiary/aromatic N) is 2. The number of thioether (sulfide) groups is 1. The van der Waals surface area contributed by atoms with Crippen molar-refractivity contribution in [2.24, 2.45) is 0 Å². The molecule has 96 valence electrons. The SMILES string of the molecule is CSc1ccccc1NCc1cn2ccccc2n1. The Morgan fingerprint density at radius 2 is 2.00 bits per heavy atom. The summed E-state index contributed by atoms with van der Waals surface area (Å²) in [5.41, 5.74) is 3.19. The first kappa shape index (κ1) is 12.1. The van der Waals surface area contributed by atoms with Crippen molar-refractivity contribution in [3.8, 4) is 0 Å². The van der Waals surface area contributed by atoms with Gasteiger partial charge in [0.05, 0.1) is 12.2 Å². The Hall–Kier alpha value is -1.94. The highest BCUT2D eigenvalue weighted by Gasteiger charge is 2.03. The first-order valence-electron chi connectivity index (χ1n) is 6.16. The molecule has 0 fully saturated rings. The molecule has 3 rings (SSSR count). The van der Waals surface area contributed by atoms with Gasteiger partial charge in [0, 0.05) is 23.0 Å². The van der Waals surface area contributed by atoms with Crippen LogP contribution in [0, 0.1) is 0 Å². The Bertz CT molecular complexity index is 657. The van der Waals surface area contributed by atoms with Crippen LogP contribution in [0.2, 0.25) is 0 Å². The highest BCUT2D eigenvalue weighted by Crippen LogP contribution is 2.24. The molecule has 0 bridgehead atoms. The number of hydrogen-bond donors (Lipinski definition) is 1. The molecule has 0 saturated carbocycles. The number of rotatable bonds is 4. The molecule has 2 aromatic heterocycles. The van der Waals surface area contributed by atoms with E-state index in [1.54, 1.807) is 11.8 Å². The van der Waals surface area contributed by atoms with E-state index in [0.717, 1.165) is 23.6 Å². The van der Waals surface area contributed by atoms with Crippen LogP contribution in [-0.2, 0) is 6.54 Å². The van der Waals surface area contributed by atoms with Crippen molar-refractivity contribution >= 4 is 23.1 Å². The topological polar surface area (TPSA) is 29.3 Å². The number of para-hydroxylation sites is 1. The van der Waals surface area contributed by atoms with E-state index in [1.165, 1.54) is 4.90 Å². The molecule has 0 aliphatic carbocycles. The number of fused-ring (bicyclic) bond motifs is 1.